The Bertz CT molecular complexity index is 2450. The minimum absolute atomic E-state index is 0.767. The molecule has 0 N–H and O–H groups in total. The molecule has 1 aliphatic carbocycles. The van der Waals surface area contributed by atoms with Gasteiger partial charge in [0.25, 0.3) is 0 Å². The summed E-state index contributed by atoms with van der Waals surface area (Å²) in [6, 6.07) is 35.8. The Labute approximate surface area is 319 Å². The van der Waals surface area contributed by atoms with Gasteiger partial charge in [-0.2, -0.15) is 4.58 Å². The molecular weight excluding hydrogens is 665 g/mol. The lowest BCUT2D eigenvalue weighted by Gasteiger charge is -2.09. The SMILES string of the molecule is CCCCOc1ccc(SC2=C(/C=C/C3=[N+](CCCC)c4cccc5cccc3c45)CC/C2=C\C=c2/c3cccc4cccc(c43)n2CCCC)cc1. The number of aromatic nitrogens is 1. The van der Waals surface area contributed by atoms with E-state index in [-0.39, 0.29) is 0 Å². The Morgan fingerprint density at radius 2 is 1.45 bits per heavy atom. The van der Waals surface area contributed by atoms with Crippen molar-refractivity contribution in [2.75, 3.05) is 13.2 Å². The molecule has 2 heterocycles. The molecule has 0 atom stereocenters. The molecule has 8 rings (SSSR count). The van der Waals surface area contributed by atoms with Crippen LogP contribution in [0.2, 0.25) is 0 Å². The summed E-state index contributed by atoms with van der Waals surface area (Å²) in [5.41, 5.74) is 8.17. The summed E-state index contributed by atoms with van der Waals surface area (Å²) in [5, 5.41) is 8.07. The topological polar surface area (TPSA) is 17.2 Å². The second-order valence-corrected chi connectivity index (χ2v) is 15.5. The van der Waals surface area contributed by atoms with E-state index >= 15 is 0 Å². The van der Waals surface area contributed by atoms with E-state index in [1.54, 1.807) is 0 Å². The maximum atomic E-state index is 6.02. The fourth-order valence-corrected chi connectivity index (χ4v) is 9.22. The number of allylic oxidation sites excluding steroid dienone is 5. The van der Waals surface area contributed by atoms with Crippen molar-refractivity contribution in [3.05, 3.63) is 142 Å². The molecule has 5 aromatic carbocycles. The molecule has 1 aromatic heterocycles. The van der Waals surface area contributed by atoms with E-state index in [2.05, 4.69) is 151 Å². The quantitative estimate of drug-likeness (QED) is 0.0778. The minimum Gasteiger partial charge on any atom is -0.494 e. The van der Waals surface area contributed by atoms with Crippen molar-refractivity contribution in [1.82, 2.24) is 4.57 Å². The molecule has 1 aliphatic heterocycles. The van der Waals surface area contributed by atoms with Crippen LogP contribution < -0.4 is 10.1 Å². The molecule has 3 nitrogen and oxygen atoms in total. The van der Waals surface area contributed by atoms with Crippen LogP contribution >= 0.6 is 11.8 Å². The second kappa shape index (κ2) is 16.1. The standard InChI is InChI=1S/C49H51N2OS/c1-4-7-32-50-43(41-18-10-14-35-16-12-20-45(50)47(35)41)30-24-37-22-23-38(49(37)53-40-28-26-39(27-29-40)52-34-9-6-3)25-31-44-42-19-11-15-36-17-13-21-46(48(36)42)51(44)33-8-5-2/h10-21,24-31H,4-9,22-23,32-34H2,1-3H3/q+1. The van der Waals surface area contributed by atoms with Gasteiger partial charge in [0.2, 0.25) is 11.4 Å². The van der Waals surface area contributed by atoms with Crippen molar-refractivity contribution in [2.45, 2.75) is 83.6 Å². The molecule has 0 unspecified atom stereocenters. The van der Waals surface area contributed by atoms with Crippen molar-refractivity contribution in [1.29, 1.82) is 0 Å². The van der Waals surface area contributed by atoms with Crippen LogP contribution in [0, 0.1) is 0 Å². The van der Waals surface area contributed by atoms with Gasteiger partial charge in [-0.3, -0.25) is 0 Å². The summed E-state index contributed by atoms with van der Waals surface area (Å²) in [5.74, 6) is 0.949. The predicted molar refractivity (Wildman–Crippen MR) is 228 cm³/mol. The summed E-state index contributed by atoms with van der Waals surface area (Å²) in [6.45, 7) is 9.59. The van der Waals surface area contributed by atoms with Gasteiger partial charge in [-0.05, 0) is 90.1 Å². The molecule has 268 valence electrons. The molecule has 2 aliphatic rings. The average molecular weight is 716 g/mol. The van der Waals surface area contributed by atoms with Gasteiger partial charge in [0.15, 0.2) is 0 Å². The van der Waals surface area contributed by atoms with E-state index in [9.17, 15) is 0 Å². The van der Waals surface area contributed by atoms with Crippen LogP contribution in [0.15, 0.2) is 136 Å². The molecule has 0 saturated heterocycles. The number of unbranched alkanes of at least 4 members (excludes halogenated alkanes) is 3. The Kier molecular flexibility index (Phi) is 10.7. The van der Waals surface area contributed by atoms with E-state index < -0.39 is 0 Å². The van der Waals surface area contributed by atoms with Gasteiger partial charge < -0.3 is 9.30 Å². The lowest BCUT2D eigenvalue weighted by molar-refractivity contribution is -0.436. The molecule has 53 heavy (non-hydrogen) atoms. The monoisotopic (exact) mass is 715 g/mol. The highest BCUT2D eigenvalue weighted by molar-refractivity contribution is 8.03. The van der Waals surface area contributed by atoms with Gasteiger partial charge >= 0.3 is 0 Å². The molecular formula is C49H51N2OS+. The van der Waals surface area contributed by atoms with Crippen molar-refractivity contribution < 1.29 is 9.31 Å². The first-order valence-electron chi connectivity index (χ1n) is 19.9. The largest absolute Gasteiger partial charge is 0.494 e. The zero-order valence-electron chi connectivity index (χ0n) is 31.5. The lowest BCUT2D eigenvalue weighted by atomic mass is 10.0. The van der Waals surface area contributed by atoms with E-state index in [0.29, 0.717) is 0 Å². The van der Waals surface area contributed by atoms with Gasteiger partial charge in [-0.15, -0.1) is 0 Å². The highest BCUT2D eigenvalue weighted by Crippen LogP contribution is 2.44. The Balaban J connectivity index is 1.22. The Hall–Kier alpha value is -4.80. The minimum atomic E-state index is 0.767. The summed E-state index contributed by atoms with van der Waals surface area (Å²) >= 11 is 1.90. The first-order valence-corrected chi connectivity index (χ1v) is 20.7. The highest BCUT2D eigenvalue weighted by Gasteiger charge is 2.30. The zero-order valence-corrected chi connectivity index (χ0v) is 32.4. The summed E-state index contributed by atoms with van der Waals surface area (Å²) in [7, 11) is 0. The Morgan fingerprint density at radius 3 is 2.25 bits per heavy atom. The molecule has 6 aromatic rings. The number of benzene rings is 5. The number of hydrogen-bond acceptors (Lipinski definition) is 2. The van der Waals surface area contributed by atoms with Crippen LogP contribution in [0.1, 0.15) is 77.7 Å². The van der Waals surface area contributed by atoms with Gasteiger partial charge in [0.1, 0.15) is 12.3 Å². The van der Waals surface area contributed by atoms with Crippen molar-refractivity contribution >= 4 is 61.7 Å². The van der Waals surface area contributed by atoms with Crippen molar-refractivity contribution in [3.63, 3.8) is 0 Å². The van der Waals surface area contributed by atoms with Crippen LogP contribution in [-0.4, -0.2) is 28.0 Å². The smallest absolute Gasteiger partial charge is 0.214 e. The highest BCUT2D eigenvalue weighted by atomic mass is 32.2. The van der Waals surface area contributed by atoms with Crippen LogP contribution in [-0.2, 0) is 6.54 Å². The number of hydrogen-bond donors (Lipinski definition) is 0. The maximum Gasteiger partial charge on any atom is 0.214 e. The van der Waals surface area contributed by atoms with Crippen molar-refractivity contribution in [3.8, 4) is 5.75 Å². The fourth-order valence-electron chi connectivity index (χ4n) is 8.11. The number of nitrogens with zero attached hydrogens (tertiary/aromatic N) is 2. The van der Waals surface area contributed by atoms with E-state index in [1.165, 1.54) is 88.5 Å². The molecule has 0 spiro atoms. The average Bonchev–Trinajstić information content (AvgIpc) is 3.83. The molecule has 4 heteroatoms. The second-order valence-electron chi connectivity index (χ2n) is 14.5. The van der Waals surface area contributed by atoms with Gasteiger partial charge in [-0.25, -0.2) is 0 Å². The number of thioether (sulfide) groups is 1. The molecule has 0 amide bonds. The number of ether oxygens (including phenoxy) is 1. The Morgan fingerprint density at radius 1 is 0.717 bits per heavy atom. The van der Waals surface area contributed by atoms with Crippen molar-refractivity contribution in [2.24, 2.45) is 0 Å². The first kappa shape index (κ1) is 35.2. The number of rotatable bonds is 15. The normalized spacial score (nSPS) is 15.6. The van der Waals surface area contributed by atoms with Crippen LogP contribution in [0.5, 0.6) is 5.75 Å². The van der Waals surface area contributed by atoms with Crippen LogP contribution in [0.25, 0.3) is 38.5 Å². The maximum absolute atomic E-state index is 6.02. The third-order valence-electron chi connectivity index (χ3n) is 10.9. The van der Waals surface area contributed by atoms with Crippen LogP contribution in [0.4, 0.5) is 5.69 Å². The van der Waals surface area contributed by atoms with Gasteiger partial charge in [-0.1, -0.05) is 119 Å². The zero-order chi connectivity index (χ0) is 36.1. The number of aryl methyl sites for hydroxylation is 1. The summed E-state index contributed by atoms with van der Waals surface area (Å²) < 4.78 is 11.1. The summed E-state index contributed by atoms with van der Waals surface area (Å²) in [6.07, 6.45) is 18.6. The van der Waals surface area contributed by atoms with E-state index in [0.717, 1.165) is 64.0 Å². The van der Waals surface area contributed by atoms with Gasteiger partial charge in [0.05, 0.1) is 17.6 Å². The third-order valence-corrected chi connectivity index (χ3v) is 12.1. The van der Waals surface area contributed by atoms with E-state index in [1.807, 2.05) is 11.8 Å². The van der Waals surface area contributed by atoms with Gasteiger partial charge in [0, 0.05) is 56.5 Å². The lowest BCUT2D eigenvalue weighted by Crippen LogP contribution is -2.16. The first-order chi connectivity index (χ1) is 26.2. The molecule has 0 saturated carbocycles. The van der Waals surface area contributed by atoms with E-state index in [4.69, 9.17) is 4.74 Å². The third kappa shape index (κ3) is 7.02. The summed E-state index contributed by atoms with van der Waals surface area (Å²) in [4.78, 5) is 2.62. The predicted octanol–water partition coefficient (Wildman–Crippen LogP) is 12.7. The molecule has 0 fully saturated rings. The van der Waals surface area contributed by atoms with Crippen LogP contribution in [0.3, 0.4) is 0 Å². The molecule has 0 radical (unpaired) electrons. The fraction of sp³-hybridized carbons (Fsp3) is 0.286. The molecule has 0 bridgehead atoms.